The van der Waals surface area contributed by atoms with Crippen LogP contribution in [0.5, 0.6) is 5.75 Å². The van der Waals surface area contributed by atoms with Crippen molar-refractivity contribution in [3.05, 3.63) is 160 Å². The minimum Gasteiger partial charge on any atom is -0.505 e. The average molecular weight is 983 g/mol. The van der Waals surface area contributed by atoms with Crippen molar-refractivity contribution in [3.8, 4) is 5.75 Å². The van der Waals surface area contributed by atoms with Crippen LogP contribution in [0.2, 0.25) is 0 Å². The first-order valence-electron chi connectivity index (χ1n) is 20.2. The van der Waals surface area contributed by atoms with Crippen LogP contribution < -0.4 is 19.4 Å². The number of para-hydroxylation sites is 2. The Kier molecular flexibility index (Phi) is 16.4. The number of ether oxygens (including phenoxy) is 2. The van der Waals surface area contributed by atoms with Crippen molar-refractivity contribution < 1.29 is 41.6 Å². The van der Waals surface area contributed by atoms with Gasteiger partial charge in [0.05, 0.1) is 4.92 Å². The molecular weight excluding hydrogens is 924 g/mol. The van der Waals surface area contributed by atoms with E-state index >= 15 is 0 Å². The second-order valence-corrected chi connectivity index (χ2v) is 16.2. The number of rotatable bonds is 12. The SMILES string of the molecule is CC(C)c1cccc(C(C)C)c1N1C=CN(c2c(C(C)C)cccc2C(C)C)[CH-]1.Cc1cc(C)c(N2C=CN(CCOC(=O)Oc3ccc([N+](=O)[O-])cc3)[CH-]2)c(C)c1.[Au]. The molecule has 0 saturated carbocycles. The number of nitrogens with zero attached hydrogens (tertiary/aromatic N) is 5. The molecule has 2 aliphatic heterocycles. The van der Waals surface area contributed by atoms with Crippen LogP contribution in [-0.2, 0) is 27.1 Å². The Morgan fingerprint density at radius 3 is 1.49 bits per heavy atom. The number of nitro groups is 1. The van der Waals surface area contributed by atoms with Crippen molar-refractivity contribution in [2.45, 2.75) is 99.8 Å². The molecule has 0 fully saturated rings. The summed E-state index contributed by atoms with van der Waals surface area (Å²) in [6.45, 7) is 29.3. The molecule has 0 spiro atoms. The van der Waals surface area contributed by atoms with Gasteiger partial charge in [-0.25, -0.2) is 4.79 Å². The quantitative estimate of drug-likeness (QED) is 0.0344. The first kappa shape index (κ1) is 46.7. The zero-order valence-electron chi connectivity index (χ0n) is 36.2. The fraction of sp³-hybridized carbons (Fsp3) is 0.354. The Bertz CT molecular complexity index is 1980. The van der Waals surface area contributed by atoms with Crippen LogP contribution in [0.1, 0.15) is 118 Å². The molecule has 0 amide bonds. The van der Waals surface area contributed by atoms with Crippen molar-refractivity contribution >= 4 is 28.9 Å². The number of carbonyl (C=O) groups excluding carboxylic acids is 1. The van der Waals surface area contributed by atoms with E-state index in [2.05, 4.69) is 154 Å². The van der Waals surface area contributed by atoms with Gasteiger partial charge >= 0.3 is 6.16 Å². The van der Waals surface area contributed by atoms with Gasteiger partial charge in [-0.05, 0) is 115 Å². The number of hydrogen-bond acceptors (Lipinski definition) is 9. The predicted molar refractivity (Wildman–Crippen MR) is 236 cm³/mol. The Balaban J connectivity index is 0.000000256. The van der Waals surface area contributed by atoms with E-state index in [1.165, 1.54) is 74.6 Å². The molecule has 0 saturated heterocycles. The Morgan fingerprint density at radius 1 is 0.644 bits per heavy atom. The number of nitro benzene ring substituents is 1. The van der Waals surface area contributed by atoms with Gasteiger partial charge in [-0.15, -0.1) is 6.67 Å². The van der Waals surface area contributed by atoms with Gasteiger partial charge in [0, 0.05) is 58.1 Å². The molecule has 10 nitrogen and oxygen atoms in total. The first-order valence-corrected chi connectivity index (χ1v) is 20.2. The van der Waals surface area contributed by atoms with E-state index in [4.69, 9.17) is 9.47 Å². The number of hydrogen-bond donors (Lipinski definition) is 0. The Morgan fingerprint density at radius 2 is 1.07 bits per heavy atom. The molecule has 4 aromatic rings. The van der Waals surface area contributed by atoms with Crippen molar-refractivity contribution in [2.24, 2.45) is 0 Å². The molecule has 6 rings (SSSR count). The molecule has 0 atom stereocenters. The van der Waals surface area contributed by atoms with Gasteiger partial charge in [0.25, 0.3) is 5.69 Å². The van der Waals surface area contributed by atoms with E-state index in [0.29, 0.717) is 30.2 Å². The number of benzene rings is 4. The van der Waals surface area contributed by atoms with Gasteiger partial charge in [-0.3, -0.25) is 10.1 Å². The smallest absolute Gasteiger partial charge is 0.505 e. The average Bonchev–Trinajstić information content (AvgIpc) is 3.84. The van der Waals surface area contributed by atoms with E-state index in [-0.39, 0.29) is 40.4 Å². The summed E-state index contributed by atoms with van der Waals surface area (Å²) >= 11 is 0. The third kappa shape index (κ3) is 11.6. The molecule has 59 heavy (non-hydrogen) atoms. The number of anilines is 3. The topological polar surface area (TPSA) is 91.6 Å². The molecule has 0 aromatic heterocycles. The van der Waals surface area contributed by atoms with E-state index in [1.807, 2.05) is 28.9 Å². The van der Waals surface area contributed by atoms with Crippen molar-refractivity contribution in [3.63, 3.8) is 0 Å². The minimum atomic E-state index is -0.857. The normalized spacial score (nSPS) is 13.4. The monoisotopic (exact) mass is 982 g/mol. The van der Waals surface area contributed by atoms with Crippen LogP contribution in [0.4, 0.5) is 27.5 Å². The summed E-state index contributed by atoms with van der Waals surface area (Å²) in [5.74, 6) is 2.11. The van der Waals surface area contributed by atoms with Crippen LogP contribution in [0, 0.1) is 44.2 Å². The summed E-state index contributed by atoms with van der Waals surface area (Å²) in [5, 5.41) is 10.6. The summed E-state index contributed by atoms with van der Waals surface area (Å²) < 4.78 is 10.1. The largest absolute Gasteiger partial charge is 0.513 e. The maximum atomic E-state index is 11.8. The van der Waals surface area contributed by atoms with Crippen molar-refractivity contribution in [1.82, 2.24) is 4.90 Å². The van der Waals surface area contributed by atoms with E-state index in [0.717, 1.165) is 5.69 Å². The predicted octanol–water partition coefficient (Wildman–Crippen LogP) is 12.5. The maximum absolute atomic E-state index is 11.8. The molecule has 0 unspecified atom stereocenters. The van der Waals surface area contributed by atoms with Crippen LogP contribution in [0.3, 0.4) is 0 Å². The third-order valence-corrected chi connectivity index (χ3v) is 10.2. The summed E-state index contributed by atoms with van der Waals surface area (Å²) in [5.41, 5.74) is 12.9. The van der Waals surface area contributed by atoms with Crippen molar-refractivity contribution in [2.75, 3.05) is 27.9 Å². The van der Waals surface area contributed by atoms with Crippen LogP contribution in [-0.4, -0.2) is 29.1 Å². The van der Waals surface area contributed by atoms with Crippen LogP contribution in [0.15, 0.2) is 97.6 Å². The molecule has 0 aliphatic carbocycles. The van der Waals surface area contributed by atoms with E-state index in [9.17, 15) is 14.9 Å². The van der Waals surface area contributed by atoms with Crippen LogP contribution >= 0.6 is 0 Å². The standard InChI is InChI=1S/C27H37N2.C21H22N3O5.Au/c1-18(2)22-11-9-12-23(19(3)4)26(22)28-15-16-29(17-28)27-24(20(5)6)13-10-14-25(27)21(7)8;1-15-12-16(2)20(17(3)13-15)23-9-8-22(14-23)10-11-28-21(25)29-19-6-4-18(5-7-19)24(26)27;/h9-21H,1-8H3;4-9,12-14H,10-11H2,1-3H3;/q2*-1;. The number of carbonyl (C=O) groups is 1. The third-order valence-electron chi connectivity index (χ3n) is 10.2. The molecule has 0 bridgehead atoms. The molecular formula is C48H59AuN5O5-2. The minimum absolute atomic E-state index is 0. The van der Waals surface area contributed by atoms with Crippen molar-refractivity contribution in [1.29, 1.82) is 0 Å². The van der Waals surface area contributed by atoms with Gasteiger partial charge in [0.1, 0.15) is 12.4 Å². The zero-order chi connectivity index (χ0) is 42.3. The second kappa shape index (κ2) is 20.8. The maximum Gasteiger partial charge on any atom is 0.513 e. The number of aryl methyl sites for hydroxylation is 3. The summed E-state index contributed by atoms with van der Waals surface area (Å²) in [4.78, 5) is 30.5. The summed E-state index contributed by atoms with van der Waals surface area (Å²) in [6, 6.07) is 23.0. The second-order valence-electron chi connectivity index (χ2n) is 16.2. The van der Waals surface area contributed by atoms with Gasteiger partial charge in [-0.1, -0.05) is 109 Å². The van der Waals surface area contributed by atoms with Gasteiger partial charge < -0.3 is 29.1 Å². The zero-order valence-corrected chi connectivity index (χ0v) is 38.4. The van der Waals surface area contributed by atoms with Gasteiger partial charge in [0.2, 0.25) is 0 Å². The fourth-order valence-electron chi connectivity index (χ4n) is 7.47. The fourth-order valence-corrected chi connectivity index (χ4v) is 7.47. The van der Waals surface area contributed by atoms with E-state index < -0.39 is 11.1 Å². The van der Waals surface area contributed by atoms with Gasteiger partial charge in [-0.2, -0.15) is 6.67 Å². The van der Waals surface area contributed by atoms with Gasteiger partial charge in [0.15, 0.2) is 0 Å². The molecule has 2 aliphatic rings. The molecule has 4 aromatic carbocycles. The molecule has 319 valence electrons. The molecule has 11 heteroatoms. The Labute approximate surface area is 367 Å². The first-order chi connectivity index (χ1) is 27.5. The summed E-state index contributed by atoms with van der Waals surface area (Å²) in [7, 11) is 0. The molecule has 2 heterocycles. The molecule has 0 N–H and O–H groups in total. The molecule has 1 radical (unpaired) electrons. The number of non-ortho nitro benzene ring substituents is 1. The van der Waals surface area contributed by atoms with Crippen LogP contribution in [0.25, 0.3) is 0 Å². The van der Waals surface area contributed by atoms with E-state index in [1.54, 1.807) is 0 Å². The Hall–Kier alpha value is -5.03. The summed E-state index contributed by atoms with van der Waals surface area (Å²) in [6.07, 6.45) is 7.44.